The van der Waals surface area contributed by atoms with Crippen molar-refractivity contribution in [2.45, 2.75) is 38.8 Å². The molecule has 0 aliphatic heterocycles. The molecule has 6 heteroatoms. The molecule has 2 atom stereocenters. The summed E-state index contributed by atoms with van der Waals surface area (Å²) in [5.74, 6) is -0.0381. The molecule has 0 saturated carbocycles. The quantitative estimate of drug-likeness (QED) is 0.871. The highest BCUT2D eigenvalue weighted by atomic mass is 79.9. The van der Waals surface area contributed by atoms with Gasteiger partial charge in [-0.25, -0.2) is 9.67 Å². The van der Waals surface area contributed by atoms with Gasteiger partial charge in [-0.1, -0.05) is 28.1 Å². The van der Waals surface area contributed by atoms with Gasteiger partial charge in [0.2, 0.25) is 5.91 Å². The number of aromatic nitrogens is 3. The predicted molar refractivity (Wildman–Crippen MR) is 84.8 cm³/mol. The summed E-state index contributed by atoms with van der Waals surface area (Å²) in [5, 5.41) is 7.00. The molecule has 0 fully saturated rings. The number of aryl methyl sites for hydroxylation is 1. The highest BCUT2D eigenvalue weighted by Gasteiger charge is 2.17. The fraction of sp³-hybridized carbons (Fsp3) is 0.400. The van der Waals surface area contributed by atoms with Crippen molar-refractivity contribution in [1.82, 2.24) is 20.1 Å². The van der Waals surface area contributed by atoms with Crippen molar-refractivity contribution in [3.05, 3.63) is 47.0 Å². The summed E-state index contributed by atoms with van der Waals surface area (Å²) in [4.78, 5) is 16.0. The van der Waals surface area contributed by atoms with Crippen molar-refractivity contribution in [3.8, 4) is 0 Å². The topological polar surface area (TPSA) is 59.8 Å². The Balaban J connectivity index is 1.80. The van der Waals surface area contributed by atoms with Crippen LogP contribution in [0, 0.1) is 0 Å². The number of carbonyl (C=O) groups excluding carboxylic acids is 1. The zero-order valence-electron chi connectivity index (χ0n) is 12.2. The zero-order valence-corrected chi connectivity index (χ0v) is 13.7. The molecule has 1 N–H and O–H groups in total. The maximum Gasteiger partial charge on any atom is 0.244 e. The SMILES string of the molecule is C[C@H](CCc1ccc(Br)cc1)NC(=O)[C@@H](C)n1cncn1. The van der Waals surface area contributed by atoms with E-state index in [1.165, 1.54) is 11.9 Å². The second kappa shape index (κ2) is 7.36. The number of hydrogen-bond acceptors (Lipinski definition) is 3. The first-order valence-electron chi connectivity index (χ1n) is 6.95. The van der Waals surface area contributed by atoms with Crippen LogP contribution in [0.4, 0.5) is 0 Å². The average Bonchev–Trinajstić information content (AvgIpc) is 3.00. The number of rotatable bonds is 6. The first kappa shape index (κ1) is 15.7. The maximum atomic E-state index is 12.1. The molecule has 0 unspecified atom stereocenters. The standard InChI is InChI=1S/C15H19BrN4O/c1-11(3-4-13-5-7-14(16)8-6-13)19-15(21)12(2)20-10-17-9-18-20/h5-12H,3-4H2,1-2H3,(H,19,21)/t11-,12-/m1/s1. The molecule has 0 saturated heterocycles. The predicted octanol–water partition coefficient (Wildman–Crippen LogP) is 2.74. The smallest absolute Gasteiger partial charge is 0.244 e. The van der Waals surface area contributed by atoms with Crippen molar-refractivity contribution in [2.75, 3.05) is 0 Å². The number of carbonyl (C=O) groups is 1. The maximum absolute atomic E-state index is 12.1. The monoisotopic (exact) mass is 350 g/mol. The van der Waals surface area contributed by atoms with E-state index in [1.807, 2.05) is 26.0 Å². The minimum atomic E-state index is -0.345. The number of nitrogens with zero attached hydrogens (tertiary/aromatic N) is 3. The van der Waals surface area contributed by atoms with Crippen LogP contribution in [0.15, 0.2) is 41.4 Å². The molecule has 0 bridgehead atoms. The van der Waals surface area contributed by atoms with E-state index in [9.17, 15) is 4.79 Å². The normalized spacial score (nSPS) is 13.7. The Morgan fingerprint density at radius 2 is 2.05 bits per heavy atom. The Morgan fingerprint density at radius 1 is 1.33 bits per heavy atom. The van der Waals surface area contributed by atoms with Crippen molar-refractivity contribution in [2.24, 2.45) is 0 Å². The van der Waals surface area contributed by atoms with E-state index in [0.29, 0.717) is 0 Å². The van der Waals surface area contributed by atoms with Crippen LogP contribution >= 0.6 is 15.9 Å². The van der Waals surface area contributed by atoms with Crippen molar-refractivity contribution in [3.63, 3.8) is 0 Å². The number of benzene rings is 1. The van der Waals surface area contributed by atoms with Gasteiger partial charge in [0.05, 0.1) is 0 Å². The molecule has 0 aliphatic rings. The van der Waals surface area contributed by atoms with E-state index in [2.05, 4.69) is 43.5 Å². The van der Waals surface area contributed by atoms with Crippen LogP contribution in [0.2, 0.25) is 0 Å². The lowest BCUT2D eigenvalue weighted by Crippen LogP contribution is -2.37. The van der Waals surface area contributed by atoms with Crippen molar-refractivity contribution < 1.29 is 4.79 Å². The highest BCUT2D eigenvalue weighted by molar-refractivity contribution is 9.10. The van der Waals surface area contributed by atoms with Crippen LogP contribution in [0.25, 0.3) is 0 Å². The van der Waals surface area contributed by atoms with Gasteiger partial charge in [-0.2, -0.15) is 5.10 Å². The van der Waals surface area contributed by atoms with Gasteiger partial charge in [0.1, 0.15) is 18.7 Å². The molecule has 1 aromatic heterocycles. The van der Waals surface area contributed by atoms with E-state index in [4.69, 9.17) is 0 Å². The second-order valence-electron chi connectivity index (χ2n) is 5.13. The van der Waals surface area contributed by atoms with E-state index in [-0.39, 0.29) is 18.0 Å². The largest absolute Gasteiger partial charge is 0.352 e. The van der Waals surface area contributed by atoms with E-state index in [1.54, 1.807) is 11.0 Å². The molecule has 2 aromatic rings. The van der Waals surface area contributed by atoms with Crippen LogP contribution < -0.4 is 5.32 Å². The molecule has 1 heterocycles. The number of hydrogen-bond donors (Lipinski definition) is 1. The third kappa shape index (κ3) is 4.67. The fourth-order valence-corrected chi connectivity index (χ4v) is 2.27. The van der Waals surface area contributed by atoms with Crippen molar-refractivity contribution in [1.29, 1.82) is 0 Å². The van der Waals surface area contributed by atoms with E-state index < -0.39 is 0 Å². The molecule has 0 spiro atoms. The van der Waals surface area contributed by atoms with Gasteiger partial charge in [-0.15, -0.1) is 0 Å². The minimum absolute atomic E-state index is 0.0381. The summed E-state index contributed by atoms with van der Waals surface area (Å²) in [6.07, 6.45) is 4.82. The van der Waals surface area contributed by atoms with Gasteiger partial charge in [-0.3, -0.25) is 4.79 Å². The van der Waals surface area contributed by atoms with Crippen LogP contribution in [-0.4, -0.2) is 26.7 Å². The molecule has 21 heavy (non-hydrogen) atoms. The van der Waals surface area contributed by atoms with E-state index in [0.717, 1.165) is 17.3 Å². The Bertz CT molecular complexity index is 568. The first-order valence-corrected chi connectivity index (χ1v) is 7.74. The minimum Gasteiger partial charge on any atom is -0.352 e. The molecule has 1 aromatic carbocycles. The Morgan fingerprint density at radius 3 is 2.67 bits per heavy atom. The highest BCUT2D eigenvalue weighted by Crippen LogP contribution is 2.12. The molecular weight excluding hydrogens is 332 g/mol. The van der Waals surface area contributed by atoms with Crippen molar-refractivity contribution >= 4 is 21.8 Å². The van der Waals surface area contributed by atoms with Gasteiger partial charge in [0, 0.05) is 10.5 Å². The van der Waals surface area contributed by atoms with Gasteiger partial charge < -0.3 is 5.32 Å². The number of nitrogens with one attached hydrogen (secondary N) is 1. The summed E-state index contributed by atoms with van der Waals surface area (Å²) < 4.78 is 2.63. The van der Waals surface area contributed by atoms with Gasteiger partial charge in [0.15, 0.2) is 0 Å². The van der Waals surface area contributed by atoms with Gasteiger partial charge in [0.25, 0.3) is 0 Å². The summed E-state index contributed by atoms with van der Waals surface area (Å²) >= 11 is 3.42. The molecule has 0 radical (unpaired) electrons. The third-order valence-corrected chi connectivity index (χ3v) is 3.91. The zero-order chi connectivity index (χ0) is 15.2. The van der Waals surface area contributed by atoms with Crippen LogP contribution in [0.3, 0.4) is 0 Å². The fourth-order valence-electron chi connectivity index (χ4n) is 2.01. The Kier molecular flexibility index (Phi) is 5.50. The van der Waals surface area contributed by atoms with Crippen LogP contribution in [0.5, 0.6) is 0 Å². The Labute approximate surface area is 132 Å². The molecule has 112 valence electrons. The molecule has 0 aliphatic carbocycles. The molecule has 5 nitrogen and oxygen atoms in total. The lowest BCUT2D eigenvalue weighted by atomic mass is 10.1. The second-order valence-corrected chi connectivity index (χ2v) is 6.04. The number of amides is 1. The van der Waals surface area contributed by atoms with Crippen LogP contribution in [-0.2, 0) is 11.2 Å². The average molecular weight is 351 g/mol. The lowest BCUT2D eigenvalue weighted by molar-refractivity contribution is -0.124. The summed E-state index contributed by atoms with van der Waals surface area (Å²) in [5.41, 5.74) is 1.27. The molecule has 1 amide bonds. The summed E-state index contributed by atoms with van der Waals surface area (Å²) in [6.45, 7) is 3.83. The molecule has 2 rings (SSSR count). The van der Waals surface area contributed by atoms with E-state index >= 15 is 0 Å². The summed E-state index contributed by atoms with van der Waals surface area (Å²) in [6, 6.07) is 8.03. The molecular formula is C15H19BrN4O. The lowest BCUT2D eigenvalue weighted by Gasteiger charge is -2.17. The first-order chi connectivity index (χ1) is 10.1. The third-order valence-electron chi connectivity index (χ3n) is 3.38. The Hall–Kier alpha value is -1.69. The summed E-state index contributed by atoms with van der Waals surface area (Å²) in [7, 11) is 0. The number of halogens is 1. The van der Waals surface area contributed by atoms with Crippen LogP contribution in [0.1, 0.15) is 31.9 Å². The van der Waals surface area contributed by atoms with Gasteiger partial charge in [-0.05, 0) is 44.4 Å². The van der Waals surface area contributed by atoms with Gasteiger partial charge >= 0.3 is 0 Å².